The zero-order valence-corrected chi connectivity index (χ0v) is 37.8. The molecule has 342 valence electrons. The number of ether oxygens (including phenoxy) is 1. The van der Waals surface area contributed by atoms with E-state index in [9.17, 15) is 42.0 Å². The number of sulfonamides is 1. The molecule has 7 atom stereocenters. The summed E-state index contributed by atoms with van der Waals surface area (Å²) < 4.78 is 35.8. The first kappa shape index (κ1) is 47.3. The van der Waals surface area contributed by atoms with Crippen LogP contribution in [0.1, 0.15) is 68.7 Å². The van der Waals surface area contributed by atoms with Crippen LogP contribution in [0.5, 0.6) is 0 Å². The minimum absolute atomic E-state index is 0.0264. The first-order chi connectivity index (χ1) is 30.4. The predicted molar refractivity (Wildman–Crippen MR) is 236 cm³/mol. The number of cyclic esters (lactones) is 1. The first-order valence-corrected chi connectivity index (χ1v) is 23.0. The number of fused-ring (bicyclic) bond motifs is 2. The monoisotopic (exact) mass is 899 g/mol. The maximum atomic E-state index is 15.0. The molecule has 0 unspecified atom stereocenters. The molecule has 64 heavy (non-hydrogen) atoms. The van der Waals surface area contributed by atoms with Crippen LogP contribution in [0.3, 0.4) is 0 Å². The van der Waals surface area contributed by atoms with Gasteiger partial charge < -0.3 is 35.0 Å². The third kappa shape index (κ3) is 10.6. The first-order valence-electron chi connectivity index (χ1n) is 21.5. The Labute approximate surface area is 373 Å². The van der Waals surface area contributed by atoms with Gasteiger partial charge in [0.1, 0.15) is 42.1 Å². The minimum atomic E-state index is -4.45. The van der Waals surface area contributed by atoms with Gasteiger partial charge in [-0.2, -0.15) is 4.72 Å². The fraction of sp³-hybridized carbons (Fsp3) is 0.457. The Hall–Kier alpha value is -6.14. The SMILES string of the molecule is CC[C@H]1NC(=O)[C@@H](NS(=O)(=O)c2ccc(C)cc2)[C@@H](C)OC(=O)[C@H](c2ccccc2)NC(=O)[C@@H]2CC(=O)CCN2C(=O)[C@H](Cc2ccc(N(C)C)cc2)N(C)C(=O)[C@@H]2CCCN2C1=O. The van der Waals surface area contributed by atoms with Crippen LogP contribution in [0.4, 0.5) is 5.69 Å². The van der Waals surface area contributed by atoms with E-state index in [4.69, 9.17) is 4.74 Å². The molecule has 3 N–H and O–H groups in total. The van der Waals surface area contributed by atoms with E-state index in [1.807, 2.05) is 43.3 Å². The molecule has 3 fully saturated rings. The second kappa shape index (κ2) is 20.1. The number of carbonyl (C=O) groups is 7. The van der Waals surface area contributed by atoms with Gasteiger partial charge in [0.05, 0.1) is 4.90 Å². The zero-order valence-electron chi connectivity index (χ0n) is 37.0. The molecule has 0 bridgehead atoms. The van der Waals surface area contributed by atoms with Gasteiger partial charge in [-0.25, -0.2) is 13.2 Å². The van der Waals surface area contributed by atoms with Gasteiger partial charge in [0.2, 0.25) is 39.6 Å². The molecule has 3 aliphatic heterocycles. The predicted octanol–water partition coefficient (Wildman–Crippen LogP) is 2.03. The Morgan fingerprint density at radius 3 is 2.09 bits per heavy atom. The lowest BCUT2D eigenvalue weighted by atomic mass is 9.95. The molecule has 3 aliphatic rings. The quantitative estimate of drug-likeness (QED) is 0.279. The second-order valence-corrected chi connectivity index (χ2v) is 18.5. The van der Waals surface area contributed by atoms with E-state index in [1.54, 1.807) is 56.3 Å². The third-order valence-electron chi connectivity index (χ3n) is 12.2. The van der Waals surface area contributed by atoms with Crippen LogP contribution < -0.4 is 20.3 Å². The number of rotatable bonds is 8. The van der Waals surface area contributed by atoms with Crippen molar-refractivity contribution in [3.8, 4) is 0 Å². The highest BCUT2D eigenvalue weighted by atomic mass is 32.2. The molecule has 3 heterocycles. The van der Waals surface area contributed by atoms with Gasteiger partial charge in [-0.05, 0) is 68.5 Å². The normalized spacial score (nSPS) is 25.6. The van der Waals surface area contributed by atoms with Gasteiger partial charge in [0.15, 0.2) is 6.04 Å². The summed E-state index contributed by atoms with van der Waals surface area (Å²) >= 11 is 0. The number of esters is 1. The van der Waals surface area contributed by atoms with Crippen LogP contribution in [0.2, 0.25) is 0 Å². The summed E-state index contributed by atoms with van der Waals surface area (Å²) in [7, 11) is 0.799. The van der Waals surface area contributed by atoms with E-state index < -0.39 is 87.9 Å². The molecule has 0 aliphatic carbocycles. The van der Waals surface area contributed by atoms with Gasteiger partial charge in [0.25, 0.3) is 0 Å². The smallest absolute Gasteiger partial charge is 0.333 e. The van der Waals surface area contributed by atoms with Crippen molar-refractivity contribution in [3.05, 3.63) is 95.6 Å². The topological polar surface area (TPSA) is 212 Å². The highest BCUT2D eigenvalue weighted by Gasteiger charge is 2.46. The number of aryl methyl sites for hydroxylation is 1. The Kier molecular flexibility index (Phi) is 14.9. The van der Waals surface area contributed by atoms with Crippen LogP contribution in [-0.2, 0) is 54.7 Å². The van der Waals surface area contributed by atoms with Gasteiger partial charge in [-0.3, -0.25) is 28.8 Å². The number of piperidine rings is 1. The van der Waals surface area contributed by atoms with E-state index in [-0.39, 0.29) is 61.4 Å². The van der Waals surface area contributed by atoms with Crippen LogP contribution in [0.25, 0.3) is 0 Å². The van der Waals surface area contributed by atoms with Crippen molar-refractivity contribution in [2.24, 2.45) is 0 Å². The van der Waals surface area contributed by atoms with Crippen molar-refractivity contribution in [2.45, 2.75) is 107 Å². The van der Waals surface area contributed by atoms with Crippen LogP contribution in [0.15, 0.2) is 83.8 Å². The number of hydrogen-bond acceptors (Lipinski definition) is 11. The summed E-state index contributed by atoms with van der Waals surface area (Å²) in [5.41, 5.74) is 2.64. The molecule has 17 nitrogen and oxygen atoms in total. The molecule has 0 radical (unpaired) electrons. The van der Waals surface area contributed by atoms with Crippen LogP contribution in [-0.4, -0.2) is 135 Å². The lowest BCUT2D eigenvalue weighted by molar-refractivity contribution is -0.156. The van der Waals surface area contributed by atoms with Crippen LogP contribution in [0, 0.1) is 6.92 Å². The molecule has 0 saturated carbocycles. The van der Waals surface area contributed by atoms with E-state index >= 15 is 0 Å². The molecule has 3 saturated heterocycles. The summed E-state index contributed by atoms with van der Waals surface area (Å²) in [4.78, 5) is 106. The number of carbonyl (C=O) groups excluding carboxylic acids is 7. The molecule has 18 heteroatoms. The lowest BCUT2D eigenvalue weighted by Crippen LogP contribution is -2.61. The van der Waals surface area contributed by atoms with Gasteiger partial charge in [-0.1, -0.05) is 67.1 Å². The molecule has 6 rings (SSSR count). The summed E-state index contributed by atoms with van der Waals surface area (Å²) in [5, 5.41) is 5.34. The summed E-state index contributed by atoms with van der Waals surface area (Å²) in [6.45, 7) is 4.74. The number of nitrogens with one attached hydrogen (secondary N) is 3. The molecule has 0 aromatic heterocycles. The summed E-state index contributed by atoms with van der Waals surface area (Å²) in [6.07, 6.45) is -1.20. The van der Waals surface area contributed by atoms with E-state index in [2.05, 4.69) is 15.4 Å². The van der Waals surface area contributed by atoms with E-state index in [0.717, 1.165) is 11.3 Å². The molecular formula is C46H57N7O10S. The van der Waals surface area contributed by atoms with Gasteiger partial charge in [-0.15, -0.1) is 0 Å². The Bertz CT molecular complexity index is 2340. The number of ketones is 1. The number of amides is 5. The zero-order chi connectivity index (χ0) is 46.5. The van der Waals surface area contributed by atoms with E-state index in [1.165, 1.54) is 40.8 Å². The third-order valence-corrected chi connectivity index (χ3v) is 13.6. The number of Topliss-reactive ketones (excluding diaryl/α,β-unsaturated/α-hetero) is 1. The van der Waals surface area contributed by atoms with Crippen molar-refractivity contribution in [1.29, 1.82) is 0 Å². The Morgan fingerprint density at radius 1 is 0.797 bits per heavy atom. The van der Waals surface area contributed by atoms with Crippen molar-refractivity contribution in [1.82, 2.24) is 30.1 Å². The largest absolute Gasteiger partial charge is 0.459 e. The highest BCUT2D eigenvalue weighted by molar-refractivity contribution is 7.89. The fourth-order valence-electron chi connectivity index (χ4n) is 8.33. The number of anilines is 1. The Balaban J connectivity index is 1.44. The maximum Gasteiger partial charge on any atom is 0.333 e. The average Bonchev–Trinajstić information content (AvgIpc) is 3.77. The standard InChI is InChI=1S/C46H57N7O10S/c1-7-35-43(57)52-24-11-14-36(52)44(58)51(6)38(26-30-17-19-32(20-18-30)50(4)5)45(59)53-25-23-33(54)27-37(53)41(55)48-40(31-12-9-8-10-13-31)46(60)63-29(3)39(42(56)47-35)49-64(61,62)34-21-15-28(2)16-22-34/h8-10,12-13,15-22,29,35-40,49H,7,11,14,23-27H2,1-6H3,(H,47,56)(H,48,55)/t29-,35-,36+,37+,38+,39+,40+/m1/s1. The van der Waals surface area contributed by atoms with Crippen molar-refractivity contribution in [2.75, 3.05) is 39.1 Å². The Morgan fingerprint density at radius 2 is 1.45 bits per heavy atom. The lowest BCUT2D eigenvalue weighted by Gasteiger charge is -2.40. The number of hydrogen-bond donors (Lipinski definition) is 3. The van der Waals surface area contributed by atoms with Crippen molar-refractivity contribution in [3.63, 3.8) is 0 Å². The average molecular weight is 900 g/mol. The summed E-state index contributed by atoms with van der Waals surface area (Å²) in [5.74, 6) is -4.96. The second-order valence-electron chi connectivity index (χ2n) is 16.8. The van der Waals surface area contributed by atoms with Crippen LogP contribution >= 0.6 is 0 Å². The minimum Gasteiger partial charge on any atom is -0.459 e. The van der Waals surface area contributed by atoms with Crippen molar-refractivity contribution < 1.29 is 46.7 Å². The molecule has 3 aromatic rings. The molecular weight excluding hydrogens is 843 g/mol. The van der Waals surface area contributed by atoms with E-state index in [0.29, 0.717) is 12.0 Å². The molecule has 0 spiro atoms. The van der Waals surface area contributed by atoms with Crippen molar-refractivity contribution >= 4 is 57.0 Å². The summed E-state index contributed by atoms with van der Waals surface area (Å²) in [6, 6.07) is 13.1. The molecule has 5 amide bonds. The molecule has 3 aromatic carbocycles. The van der Waals surface area contributed by atoms with Gasteiger partial charge >= 0.3 is 5.97 Å². The number of benzene rings is 3. The fourth-order valence-corrected chi connectivity index (χ4v) is 9.60. The number of nitrogens with zero attached hydrogens (tertiary/aromatic N) is 4. The number of likely N-dealkylation sites (N-methyl/N-ethyl adjacent to an activating group) is 1. The van der Waals surface area contributed by atoms with Gasteiger partial charge in [0, 0.05) is 59.2 Å². The maximum absolute atomic E-state index is 15.0. The highest BCUT2D eigenvalue weighted by Crippen LogP contribution is 2.27.